The molecule has 0 saturated carbocycles. The first kappa shape index (κ1) is 15.5. The van der Waals surface area contributed by atoms with Gasteiger partial charge in [-0.15, -0.1) is 0 Å². The average Bonchev–Trinajstić information content (AvgIpc) is 2.62. The van der Waals surface area contributed by atoms with Crippen LogP contribution in [0.4, 0.5) is 5.69 Å². The van der Waals surface area contributed by atoms with Crippen LogP contribution < -0.4 is 5.32 Å². The molecule has 3 rings (SSSR count). The van der Waals surface area contributed by atoms with Gasteiger partial charge in [0.15, 0.2) is 0 Å². The fraction of sp³-hybridized carbons (Fsp3) is 0.333. The number of benzene rings is 1. The zero-order valence-electron chi connectivity index (χ0n) is 13.3. The Morgan fingerprint density at radius 1 is 1.22 bits per heavy atom. The molecule has 2 aromatic rings. The normalized spacial score (nSPS) is 14.6. The SMILES string of the molecule is Cc1ccccc1CNc1ccc(C(=O)N2CCOCC2)nc1. The van der Waals surface area contributed by atoms with E-state index in [-0.39, 0.29) is 5.91 Å². The third-order valence-electron chi connectivity index (χ3n) is 4.03. The number of rotatable bonds is 4. The third-order valence-corrected chi connectivity index (χ3v) is 4.03. The Morgan fingerprint density at radius 2 is 2.00 bits per heavy atom. The number of amides is 1. The Bertz CT molecular complexity index is 664. The van der Waals surface area contributed by atoms with Crippen LogP contribution in [0.2, 0.25) is 0 Å². The maximum atomic E-state index is 12.3. The Hall–Kier alpha value is -2.40. The summed E-state index contributed by atoms with van der Waals surface area (Å²) in [5, 5.41) is 3.34. The molecular weight excluding hydrogens is 290 g/mol. The number of ether oxygens (including phenoxy) is 1. The fourth-order valence-corrected chi connectivity index (χ4v) is 2.56. The second kappa shape index (κ2) is 7.24. The second-order valence-electron chi connectivity index (χ2n) is 5.62. The lowest BCUT2D eigenvalue weighted by atomic mass is 10.1. The number of carbonyl (C=O) groups is 1. The van der Waals surface area contributed by atoms with E-state index in [1.54, 1.807) is 17.2 Å². The van der Waals surface area contributed by atoms with E-state index in [0.29, 0.717) is 32.0 Å². The minimum Gasteiger partial charge on any atom is -0.380 e. The van der Waals surface area contributed by atoms with Crippen LogP contribution >= 0.6 is 0 Å². The molecule has 1 aromatic carbocycles. The monoisotopic (exact) mass is 311 g/mol. The van der Waals surface area contributed by atoms with E-state index in [4.69, 9.17) is 4.74 Å². The van der Waals surface area contributed by atoms with Crippen molar-refractivity contribution >= 4 is 11.6 Å². The molecule has 1 N–H and O–H groups in total. The smallest absolute Gasteiger partial charge is 0.272 e. The van der Waals surface area contributed by atoms with Gasteiger partial charge in [-0.05, 0) is 30.2 Å². The summed E-state index contributed by atoms with van der Waals surface area (Å²) >= 11 is 0. The minimum atomic E-state index is -0.0289. The van der Waals surface area contributed by atoms with E-state index in [1.165, 1.54) is 11.1 Å². The summed E-state index contributed by atoms with van der Waals surface area (Å²) in [6.45, 7) is 5.30. The Kier molecular flexibility index (Phi) is 4.88. The zero-order valence-corrected chi connectivity index (χ0v) is 13.3. The quantitative estimate of drug-likeness (QED) is 0.942. The number of carbonyl (C=O) groups excluding carboxylic acids is 1. The Balaban J connectivity index is 1.60. The molecule has 0 radical (unpaired) electrons. The van der Waals surface area contributed by atoms with E-state index in [0.717, 1.165) is 12.2 Å². The molecule has 2 heterocycles. The van der Waals surface area contributed by atoms with Crippen LogP contribution in [-0.4, -0.2) is 42.1 Å². The number of nitrogens with zero attached hydrogens (tertiary/aromatic N) is 2. The molecule has 5 nitrogen and oxygen atoms in total. The molecule has 1 aliphatic rings. The number of nitrogens with one attached hydrogen (secondary N) is 1. The van der Waals surface area contributed by atoms with Crippen LogP contribution in [0.25, 0.3) is 0 Å². The summed E-state index contributed by atoms with van der Waals surface area (Å²) in [5.41, 5.74) is 3.90. The van der Waals surface area contributed by atoms with Crippen molar-refractivity contribution in [3.63, 3.8) is 0 Å². The number of hydrogen-bond donors (Lipinski definition) is 1. The highest BCUT2D eigenvalue weighted by Gasteiger charge is 2.19. The molecule has 1 saturated heterocycles. The molecule has 0 atom stereocenters. The van der Waals surface area contributed by atoms with E-state index in [1.807, 2.05) is 18.2 Å². The first-order valence-electron chi connectivity index (χ1n) is 7.85. The zero-order chi connectivity index (χ0) is 16.1. The molecule has 1 aromatic heterocycles. The van der Waals surface area contributed by atoms with Gasteiger partial charge in [-0.1, -0.05) is 24.3 Å². The number of morpholine rings is 1. The summed E-state index contributed by atoms with van der Waals surface area (Å²) < 4.78 is 5.26. The van der Waals surface area contributed by atoms with Gasteiger partial charge in [0.25, 0.3) is 5.91 Å². The van der Waals surface area contributed by atoms with Gasteiger partial charge >= 0.3 is 0 Å². The first-order valence-corrected chi connectivity index (χ1v) is 7.85. The van der Waals surface area contributed by atoms with Gasteiger partial charge in [0, 0.05) is 19.6 Å². The van der Waals surface area contributed by atoms with Crippen molar-refractivity contribution in [2.75, 3.05) is 31.6 Å². The van der Waals surface area contributed by atoms with Crippen LogP contribution in [0.15, 0.2) is 42.6 Å². The van der Waals surface area contributed by atoms with Gasteiger partial charge in [0.05, 0.1) is 25.1 Å². The second-order valence-corrected chi connectivity index (χ2v) is 5.62. The van der Waals surface area contributed by atoms with Crippen LogP contribution in [-0.2, 0) is 11.3 Å². The standard InChI is InChI=1S/C18H21N3O2/c1-14-4-2-3-5-15(14)12-19-16-6-7-17(20-13-16)18(22)21-8-10-23-11-9-21/h2-7,13,19H,8-12H2,1H3. The van der Waals surface area contributed by atoms with Crippen molar-refractivity contribution in [3.8, 4) is 0 Å². The minimum absolute atomic E-state index is 0.0289. The highest BCUT2D eigenvalue weighted by molar-refractivity contribution is 5.92. The van der Waals surface area contributed by atoms with E-state index < -0.39 is 0 Å². The number of aromatic nitrogens is 1. The number of pyridine rings is 1. The van der Waals surface area contributed by atoms with Gasteiger partial charge < -0.3 is 15.0 Å². The van der Waals surface area contributed by atoms with Crippen molar-refractivity contribution < 1.29 is 9.53 Å². The van der Waals surface area contributed by atoms with Gasteiger partial charge in [0.1, 0.15) is 5.69 Å². The first-order chi connectivity index (χ1) is 11.2. The lowest BCUT2D eigenvalue weighted by molar-refractivity contribution is 0.0299. The maximum Gasteiger partial charge on any atom is 0.272 e. The van der Waals surface area contributed by atoms with Gasteiger partial charge in [-0.3, -0.25) is 4.79 Å². The van der Waals surface area contributed by atoms with Crippen LogP contribution in [0.3, 0.4) is 0 Å². The van der Waals surface area contributed by atoms with Gasteiger partial charge in [-0.2, -0.15) is 0 Å². The fourth-order valence-electron chi connectivity index (χ4n) is 2.56. The summed E-state index contributed by atoms with van der Waals surface area (Å²) in [5.74, 6) is -0.0289. The molecule has 0 unspecified atom stereocenters. The number of aryl methyl sites for hydroxylation is 1. The van der Waals surface area contributed by atoms with Crippen molar-refractivity contribution in [2.45, 2.75) is 13.5 Å². The van der Waals surface area contributed by atoms with Crippen molar-refractivity contribution in [1.29, 1.82) is 0 Å². The van der Waals surface area contributed by atoms with Crippen molar-refractivity contribution in [2.24, 2.45) is 0 Å². The van der Waals surface area contributed by atoms with E-state index in [2.05, 4.69) is 29.4 Å². The average molecular weight is 311 g/mol. The molecule has 5 heteroatoms. The van der Waals surface area contributed by atoms with Gasteiger partial charge in [-0.25, -0.2) is 4.98 Å². The predicted molar refractivity (Wildman–Crippen MR) is 89.5 cm³/mol. The largest absolute Gasteiger partial charge is 0.380 e. The lowest BCUT2D eigenvalue weighted by Gasteiger charge is -2.26. The molecule has 0 spiro atoms. The summed E-state index contributed by atoms with van der Waals surface area (Å²) in [6.07, 6.45) is 1.71. The number of hydrogen-bond acceptors (Lipinski definition) is 4. The Morgan fingerprint density at radius 3 is 2.70 bits per heavy atom. The molecule has 0 aliphatic carbocycles. The van der Waals surface area contributed by atoms with Crippen LogP contribution in [0, 0.1) is 6.92 Å². The highest BCUT2D eigenvalue weighted by Crippen LogP contribution is 2.13. The van der Waals surface area contributed by atoms with Crippen molar-refractivity contribution in [3.05, 3.63) is 59.4 Å². The van der Waals surface area contributed by atoms with Crippen LogP contribution in [0.1, 0.15) is 21.6 Å². The number of anilines is 1. The summed E-state index contributed by atoms with van der Waals surface area (Å²) in [6, 6.07) is 11.9. The molecule has 23 heavy (non-hydrogen) atoms. The van der Waals surface area contributed by atoms with E-state index >= 15 is 0 Å². The lowest BCUT2D eigenvalue weighted by Crippen LogP contribution is -2.41. The summed E-state index contributed by atoms with van der Waals surface area (Å²) in [7, 11) is 0. The summed E-state index contributed by atoms with van der Waals surface area (Å²) in [4.78, 5) is 18.4. The molecule has 1 aliphatic heterocycles. The molecular formula is C18H21N3O2. The maximum absolute atomic E-state index is 12.3. The highest BCUT2D eigenvalue weighted by atomic mass is 16.5. The van der Waals surface area contributed by atoms with Gasteiger partial charge in [0.2, 0.25) is 0 Å². The molecule has 1 fully saturated rings. The van der Waals surface area contributed by atoms with Crippen LogP contribution in [0.5, 0.6) is 0 Å². The molecule has 0 bridgehead atoms. The third kappa shape index (κ3) is 3.87. The van der Waals surface area contributed by atoms with E-state index in [9.17, 15) is 4.79 Å². The predicted octanol–water partition coefficient (Wildman–Crippen LogP) is 2.47. The molecule has 120 valence electrons. The Labute approximate surface area is 136 Å². The molecule has 1 amide bonds. The van der Waals surface area contributed by atoms with Crippen molar-refractivity contribution in [1.82, 2.24) is 9.88 Å². The topological polar surface area (TPSA) is 54.5 Å².